The topological polar surface area (TPSA) is 108 Å². The molecule has 0 bridgehead atoms. The SMILES string of the molecule is C/C=C(/C)C(=O)OC1c2cc3c(c(OC)c2-c2c(cc4c(c2OC)OCO4)C(OC(C)=O)C(C)C1C)OCO3. The molecule has 0 spiro atoms. The molecule has 0 saturated carbocycles. The molecule has 4 unspecified atom stereocenters. The van der Waals surface area contributed by atoms with Crippen LogP contribution in [0.1, 0.15) is 58.0 Å². The highest BCUT2D eigenvalue weighted by atomic mass is 16.7. The van der Waals surface area contributed by atoms with Crippen molar-refractivity contribution in [1.82, 2.24) is 0 Å². The van der Waals surface area contributed by atoms with Gasteiger partial charge in [0.15, 0.2) is 23.0 Å². The number of fused-ring (bicyclic) bond motifs is 5. The van der Waals surface area contributed by atoms with Crippen LogP contribution >= 0.6 is 0 Å². The minimum absolute atomic E-state index is 0.00385. The van der Waals surface area contributed by atoms with Crippen molar-refractivity contribution in [2.45, 2.75) is 46.8 Å². The summed E-state index contributed by atoms with van der Waals surface area (Å²) >= 11 is 0. The lowest BCUT2D eigenvalue weighted by Crippen LogP contribution is -2.31. The first-order valence-corrected chi connectivity index (χ1v) is 12.7. The van der Waals surface area contributed by atoms with Crippen LogP contribution in [-0.4, -0.2) is 39.7 Å². The Kier molecular flexibility index (Phi) is 6.96. The third kappa shape index (κ3) is 4.27. The first kappa shape index (κ1) is 26.5. The molecule has 208 valence electrons. The standard InChI is InChI=1S/C29H32O10/c1-8-13(2)29(31)39-24-15(4)14(3)23(38-16(5)30)17-9-19-25(36-11-34-19)27(32-6)21(17)22-18(24)10-20-26(28(22)33-7)37-12-35-20/h8-10,14-15,23-24H,11-12H2,1-7H3/b13-8-. The molecule has 10 heteroatoms. The number of carbonyl (C=O) groups excluding carboxylic acids is 2. The maximum atomic E-state index is 13.1. The lowest BCUT2D eigenvalue weighted by atomic mass is 9.74. The van der Waals surface area contributed by atoms with E-state index in [9.17, 15) is 9.59 Å². The Morgan fingerprint density at radius 3 is 1.67 bits per heavy atom. The highest BCUT2D eigenvalue weighted by Crippen LogP contribution is 2.61. The number of hydrogen-bond donors (Lipinski definition) is 0. The molecule has 0 aromatic heterocycles. The number of esters is 2. The fraction of sp³-hybridized carbons (Fsp3) is 0.448. The second-order valence-electron chi connectivity index (χ2n) is 9.76. The van der Waals surface area contributed by atoms with Gasteiger partial charge in [-0.15, -0.1) is 0 Å². The minimum atomic E-state index is -0.776. The van der Waals surface area contributed by atoms with Gasteiger partial charge in [-0.2, -0.15) is 0 Å². The molecule has 10 nitrogen and oxygen atoms in total. The number of benzene rings is 2. The average molecular weight is 541 g/mol. The Morgan fingerprint density at radius 1 is 0.795 bits per heavy atom. The van der Waals surface area contributed by atoms with Crippen LogP contribution in [0.3, 0.4) is 0 Å². The largest absolute Gasteiger partial charge is 0.492 e. The number of allylic oxidation sites excluding steroid dienone is 1. The Hall–Kier alpha value is -4.08. The van der Waals surface area contributed by atoms with Crippen molar-refractivity contribution in [1.29, 1.82) is 0 Å². The molecule has 0 saturated heterocycles. The van der Waals surface area contributed by atoms with E-state index in [0.717, 1.165) is 0 Å². The van der Waals surface area contributed by atoms with Gasteiger partial charge in [-0.25, -0.2) is 4.79 Å². The van der Waals surface area contributed by atoms with E-state index in [2.05, 4.69) is 0 Å². The summed E-state index contributed by atoms with van der Waals surface area (Å²) in [5, 5.41) is 0. The van der Waals surface area contributed by atoms with Gasteiger partial charge in [-0.1, -0.05) is 19.9 Å². The summed E-state index contributed by atoms with van der Waals surface area (Å²) in [6, 6.07) is 3.62. The van der Waals surface area contributed by atoms with Crippen molar-refractivity contribution >= 4 is 11.9 Å². The zero-order chi connectivity index (χ0) is 28.0. The maximum absolute atomic E-state index is 13.1. The molecular formula is C29H32O10. The molecule has 4 atom stereocenters. The molecule has 2 heterocycles. The Morgan fingerprint density at radius 2 is 1.26 bits per heavy atom. The lowest BCUT2D eigenvalue weighted by Gasteiger charge is -2.38. The van der Waals surface area contributed by atoms with Crippen LogP contribution in [0.2, 0.25) is 0 Å². The number of carbonyl (C=O) groups is 2. The third-order valence-electron chi connectivity index (χ3n) is 7.64. The number of hydrogen-bond acceptors (Lipinski definition) is 10. The molecule has 0 radical (unpaired) electrons. The minimum Gasteiger partial charge on any atom is -0.492 e. The van der Waals surface area contributed by atoms with Gasteiger partial charge in [-0.05, 0) is 26.0 Å². The summed E-state index contributed by atoms with van der Waals surface area (Å²) in [6.45, 7) is 8.76. The summed E-state index contributed by atoms with van der Waals surface area (Å²) in [7, 11) is 3.05. The highest BCUT2D eigenvalue weighted by Gasteiger charge is 2.45. The van der Waals surface area contributed by atoms with Crippen molar-refractivity contribution in [2.75, 3.05) is 27.8 Å². The second kappa shape index (κ2) is 10.2. The number of rotatable bonds is 5. The smallest absolute Gasteiger partial charge is 0.333 e. The van der Waals surface area contributed by atoms with Crippen LogP contribution in [0.5, 0.6) is 34.5 Å². The third-order valence-corrected chi connectivity index (χ3v) is 7.64. The molecule has 2 aromatic carbocycles. The van der Waals surface area contributed by atoms with Gasteiger partial charge in [0.05, 0.1) is 14.2 Å². The second-order valence-corrected chi connectivity index (χ2v) is 9.76. The van der Waals surface area contributed by atoms with E-state index >= 15 is 0 Å². The summed E-state index contributed by atoms with van der Waals surface area (Å²) < 4.78 is 47.1. The van der Waals surface area contributed by atoms with Crippen LogP contribution in [0, 0.1) is 11.8 Å². The first-order valence-electron chi connectivity index (χ1n) is 12.7. The predicted octanol–water partition coefficient (Wildman–Crippen LogP) is 5.27. The Balaban J connectivity index is 1.91. The predicted molar refractivity (Wildman–Crippen MR) is 138 cm³/mol. The van der Waals surface area contributed by atoms with E-state index in [1.165, 1.54) is 21.1 Å². The molecular weight excluding hydrogens is 508 g/mol. The molecule has 0 amide bonds. The van der Waals surface area contributed by atoms with Gasteiger partial charge < -0.3 is 37.9 Å². The summed E-state index contributed by atoms with van der Waals surface area (Å²) in [6.07, 6.45) is 0.173. The van der Waals surface area contributed by atoms with Gasteiger partial charge >= 0.3 is 11.9 Å². The highest BCUT2D eigenvalue weighted by molar-refractivity contribution is 5.91. The van der Waals surface area contributed by atoms with E-state index in [1.54, 1.807) is 26.0 Å². The van der Waals surface area contributed by atoms with Crippen molar-refractivity contribution < 1.29 is 47.5 Å². The molecule has 1 aliphatic carbocycles. The van der Waals surface area contributed by atoms with Gasteiger partial charge in [0, 0.05) is 46.6 Å². The Bertz CT molecular complexity index is 1360. The quantitative estimate of drug-likeness (QED) is 0.368. The fourth-order valence-electron chi connectivity index (χ4n) is 5.38. The molecule has 0 fully saturated rings. The van der Waals surface area contributed by atoms with Crippen molar-refractivity contribution in [3.8, 4) is 45.6 Å². The molecule has 2 aliphatic heterocycles. The zero-order valence-electron chi connectivity index (χ0n) is 23.0. The fourth-order valence-corrected chi connectivity index (χ4v) is 5.38. The van der Waals surface area contributed by atoms with Crippen molar-refractivity contribution in [2.24, 2.45) is 11.8 Å². The molecule has 0 N–H and O–H groups in total. The maximum Gasteiger partial charge on any atom is 0.333 e. The zero-order valence-corrected chi connectivity index (χ0v) is 23.0. The van der Waals surface area contributed by atoms with Crippen LogP contribution in [0.4, 0.5) is 0 Å². The molecule has 3 aliphatic rings. The van der Waals surface area contributed by atoms with E-state index < -0.39 is 24.1 Å². The van der Waals surface area contributed by atoms with Gasteiger partial charge in [0.1, 0.15) is 12.2 Å². The summed E-state index contributed by atoms with van der Waals surface area (Å²) in [4.78, 5) is 25.6. The first-order chi connectivity index (χ1) is 18.7. The van der Waals surface area contributed by atoms with Crippen LogP contribution in [0.25, 0.3) is 11.1 Å². The monoisotopic (exact) mass is 540 g/mol. The van der Waals surface area contributed by atoms with E-state index in [1.807, 2.05) is 19.9 Å². The molecule has 39 heavy (non-hydrogen) atoms. The number of methoxy groups -OCH3 is 2. The Labute approximate surface area is 226 Å². The van der Waals surface area contributed by atoms with Crippen LogP contribution in [0.15, 0.2) is 23.8 Å². The summed E-state index contributed by atoms with van der Waals surface area (Å²) in [5.41, 5.74) is 2.84. The summed E-state index contributed by atoms with van der Waals surface area (Å²) in [5.74, 6) is 0.915. The van der Waals surface area contributed by atoms with E-state index in [-0.39, 0.29) is 25.4 Å². The van der Waals surface area contributed by atoms with Crippen molar-refractivity contribution in [3.63, 3.8) is 0 Å². The van der Waals surface area contributed by atoms with E-state index in [4.69, 9.17) is 37.9 Å². The normalized spacial score (nSPS) is 22.7. The number of ether oxygens (including phenoxy) is 8. The van der Waals surface area contributed by atoms with Crippen LogP contribution < -0.4 is 28.4 Å². The van der Waals surface area contributed by atoms with Gasteiger partial charge in [0.2, 0.25) is 25.1 Å². The average Bonchev–Trinajstić information content (AvgIpc) is 3.60. The van der Waals surface area contributed by atoms with Gasteiger partial charge in [0.25, 0.3) is 0 Å². The lowest BCUT2D eigenvalue weighted by molar-refractivity contribution is -0.157. The van der Waals surface area contributed by atoms with E-state index in [0.29, 0.717) is 62.3 Å². The molecule has 5 rings (SSSR count). The molecule has 2 aromatic rings. The van der Waals surface area contributed by atoms with Crippen molar-refractivity contribution in [3.05, 3.63) is 34.9 Å². The van der Waals surface area contributed by atoms with Crippen LogP contribution in [-0.2, 0) is 19.1 Å². The van der Waals surface area contributed by atoms with Gasteiger partial charge in [-0.3, -0.25) is 4.79 Å².